The van der Waals surface area contributed by atoms with E-state index < -0.39 is 0 Å². The lowest BCUT2D eigenvalue weighted by molar-refractivity contribution is -0.113. The van der Waals surface area contributed by atoms with E-state index in [-0.39, 0.29) is 11.7 Å². The van der Waals surface area contributed by atoms with E-state index in [1.165, 1.54) is 18.9 Å². The summed E-state index contributed by atoms with van der Waals surface area (Å²) in [7, 11) is 5.11. The number of hydrogen-bond acceptors (Lipinski definition) is 6. The lowest BCUT2D eigenvalue weighted by Gasteiger charge is -2.16. The third-order valence-electron chi connectivity index (χ3n) is 3.61. The van der Waals surface area contributed by atoms with E-state index in [4.69, 9.17) is 4.74 Å². The lowest BCUT2D eigenvalue weighted by atomic mass is 10.2. The average molecular weight is 369 g/mol. The second-order valence-corrected chi connectivity index (χ2v) is 6.76. The molecule has 0 atom stereocenters. The first-order chi connectivity index (χ1) is 12.5. The van der Waals surface area contributed by atoms with E-state index in [1.807, 2.05) is 44.4 Å². The highest BCUT2D eigenvalue weighted by Gasteiger charge is 2.35. The van der Waals surface area contributed by atoms with E-state index in [1.54, 1.807) is 34.2 Å². The number of carbonyl (C=O) groups excluding carboxylic acids is 1. The molecule has 0 spiro atoms. The molecule has 26 heavy (non-hydrogen) atoms. The van der Waals surface area contributed by atoms with Crippen LogP contribution < -0.4 is 9.64 Å². The first kappa shape index (κ1) is 17.9. The summed E-state index contributed by atoms with van der Waals surface area (Å²) in [6.07, 6.45) is 1.77. The molecule has 1 aliphatic heterocycles. The summed E-state index contributed by atoms with van der Waals surface area (Å²) < 4.78 is 5.13. The van der Waals surface area contributed by atoms with Crippen molar-refractivity contribution < 1.29 is 14.6 Å². The van der Waals surface area contributed by atoms with Gasteiger partial charge in [0.25, 0.3) is 5.91 Å². The van der Waals surface area contributed by atoms with Gasteiger partial charge < -0.3 is 14.9 Å². The Bertz CT molecular complexity index is 879. The molecule has 1 fully saturated rings. The summed E-state index contributed by atoms with van der Waals surface area (Å²) >= 11 is 1.31. The summed E-state index contributed by atoms with van der Waals surface area (Å²) in [4.78, 5) is 15.1. The van der Waals surface area contributed by atoms with E-state index in [0.29, 0.717) is 15.8 Å². The maximum absolute atomic E-state index is 13.0. The van der Waals surface area contributed by atoms with Crippen LogP contribution in [-0.2, 0) is 4.79 Å². The van der Waals surface area contributed by atoms with Crippen molar-refractivity contribution in [3.05, 3.63) is 59.0 Å². The number of hydrazone groups is 1. The van der Waals surface area contributed by atoms with Crippen LogP contribution in [0.5, 0.6) is 11.5 Å². The molecule has 6 nitrogen and oxygen atoms in total. The maximum Gasteiger partial charge on any atom is 0.271 e. The minimum absolute atomic E-state index is 0.0563. The Morgan fingerprint density at radius 3 is 2.58 bits per heavy atom. The Hall–Kier alpha value is -2.93. The van der Waals surface area contributed by atoms with E-state index in [2.05, 4.69) is 5.10 Å². The molecular weight excluding hydrogens is 350 g/mol. The van der Waals surface area contributed by atoms with Gasteiger partial charge in [0.2, 0.25) is 0 Å². The van der Waals surface area contributed by atoms with Crippen molar-refractivity contribution in [2.24, 2.45) is 5.10 Å². The van der Waals surface area contributed by atoms with E-state index >= 15 is 0 Å². The molecule has 0 saturated carbocycles. The molecule has 1 amide bonds. The number of carbonyl (C=O) groups is 1. The second kappa shape index (κ2) is 7.53. The van der Waals surface area contributed by atoms with Gasteiger partial charge in [-0.3, -0.25) is 9.69 Å². The van der Waals surface area contributed by atoms with Gasteiger partial charge in [-0.05, 0) is 47.7 Å². The van der Waals surface area contributed by atoms with Crippen molar-refractivity contribution in [2.45, 2.75) is 0 Å². The van der Waals surface area contributed by atoms with Crippen molar-refractivity contribution in [1.82, 2.24) is 5.01 Å². The van der Waals surface area contributed by atoms with Gasteiger partial charge in [-0.2, -0.15) is 5.10 Å². The number of amides is 1. The van der Waals surface area contributed by atoms with Gasteiger partial charge in [0.05, 0.1) is 17.7 Å². The molecule has 1 saturated heterocycles. The maximum atomic E-state index is 13.0. The molecule has 0 aliphatic carbocycles. The van der Waals surface area contributed by atoms with Crippen LogP contribution in [0.25, 0.3) is 6.08 Å². The Labute approximate surface area is 156 Å². The summed E-state index contributed by atoms with van der Waals surface area (Å²) in [5.41, 5.74) is 1.52. The zero-order valence-electron chi connectivity index (χ0n) is 14.7. The zero-order chi connectivity index (χ0) is 18.7. The first-order valence-corrected chi connectivity index (χ1v) is 8.73. The minimum atomic E-state index is -0.145. The van der Waals surface area contributed by atoms with Crippen LogP contribution in [0.1, 0.15) is 5.56 Å². The fourth-order valence-corrected chi connectivity index (χ4v) is 3.51. The molecule has 1 heterocycles. The van der Waals surface area contributed by atoms with Crippen LogP contribution in [0.3, 0.4) is 0 Å². The van der Waals surface area contributed by atoms with Crippen molar-refractivity contribution in [3.63, 3.8) is 0 Å². The number of aromatic hydroxyl groups is 1. The second-order valence-electron chi connectivity index (χ2n) is 5.75. The number of hydrogen-bond donors (Lipinski definition) is 1. The molecule has 3 rings (SSSR count). The molecular formula is C19H19N3O3S. The largest absolute Gasteiger partial charge is 0.504 e. The summed E-state index contributed by atoms with van der Waals surface area (Å²) in [5.74, 6) is 0.270. The van der Waals surface area contributed by atoms with Crippen LogP contribution >= 0.6 is 11.8 Å². The number of para-hydroxylation sites is 1. The third kappa shape index (κ3) is 3.67. The predicted octanol–water partition coefficient (Wildman–Crippen LogP) is 3.35. The standard InChI is InChI=1S/C19H19N3O3S/c1-21(2)20-19-22(14-7-5-4-6-8-14)18(24)17(26-19)12-13-9-10-15(23)16(11-13)25-3/h4-12,23H,1-3H3/b17-12-,20-19-. The van der Waals surface area contributed by atoms with Crippen LogP contribution in [0.15, 0.2) is 58.5 Å². The van der Waals surface area contributed by atoms with Gasteiger partial charge in [-0.1, -0.05) is 24.3 Å². The molecule has 134 valence electrons. The van der Waals surface area contributed by atoms with E-state index in [9.17, 15) is 9.90 Å². The van der Waals surface area contributed by atoms with Crippen LogP contribution in [0, 0.1) is 0 Å². The van der Waals surface area contributed by atoms with E-state index in [0.717, 1.165) is 11.3 Å². The van der Waals surface area contributed by atoms with Crippen molar-refractivity contribution in [2.75, 3.05) is 26.1 Å². The quantitative estimate of drug-likeness (QED) is 0.661. The Balaban J connectivity index is 2.01. The average Bonchev–Trinajstić information content (AvgIpc) is 2.91. The highest BCUT2D eigenvalue weighted by Crippen LogP contribution is 2.37. The molecule has 0 unspecified atom stereocenters. The SMILES string of the molecule is COc1cc(/C=C2\S/C(=N\N(C)C)N(c3ccccc3)C2=O)ccc1O. The number of phenolic OH excluding ortho intramolecular Hbond substituents is 1. The fourth-order valence-electron chi connectivity index (χ4n) is 2.45. The van der Waals surface area contributed by atoms with Gasteiger partial charge in [-0.15, -0.1) is 0 Å². The topological polar surface area (TPSA) is 65.4 Å². The number of benzene rings is 2. The number of phenols is 1. The summed E-state index contributed by atoms with van der Waals surface area (Å²) in [6.45, 7) is 0. The van der Waals surface area contributed by atoms with Gasteiger partial charge in [-0.25, -0.2) is 0 Å². The number of thioether (sulfide) groups is 1. The van der Waals surface area contributed by atoms with Crippen molar-refractivity contribution >= 4 is 34.6 Å². The highest BCUT2D eigenvalue weighted by atomic mass is 32.2. The number of ether oxygens (including phenoxy) is 1. The van der Waals surface area contributed by atoms with Gasteiger partial charge in [0, 0.05) is 14.1 Å². The zero-order valence-corrected chi connectivity index (χ0v) is 15.5. The van der Waals surface area contributed by atoms with Gasteiger partial charge >= 0.3 is 0 Å². The third-order valence-corrected chi connectivity index (χ3v) is 4.57. The fraction of sp³-hybridized carbons (Fsp3) is 0.158. The molecule has 0 aromatic heterocycles. The van der Waals surface area contributed by atoms with Crippen molar-refractivity contribution in [3.8, 4) is 11.5 Å². The van der Waals surface area contributed by atoms with Gasteiger partial charge in [0.15, 0.2) is 16.7 Å². The van der Waals surface area contributed by atoms with Crippen LogP contribution in [0.4, 0.5) is 5.69 Å². The Morgan fingerprint density at radius 2 is 1.92 bits per heavy atom. The number of anilines is 1. The minimum Gasteiger partial charge on any atom is -0.504 e. The molecule has 2 aromatic carbocycles. The number of nitrogens with zero attached hydrogens (tertiary/aromatic N) is 3. The number of amidine groups is 1. The smallest absolute Gasteiger partial charge is 0.271 e. The monoisotopic (exact) mass is 369 g/mol. The van der Waals surface area contributed by atoms with Gasteiger partial charge in [0.1, 0.15) is 0 Å². The van der Waals surface area contributed by atoms with Crippen LogP contribution in [-0.4, -0.2) is 42.4 Å². The molecule has 1 aliphatic rings. The Kier molecular flexibility index (Phi) is 5.18. The predicted molar refractivity (Wildman–Crippen MR) is 105 cm³/mol. The molecule has 2 aromatic rings. The normalized spacial score (nSPS) is 17.2. The molecule has 7 heteroatoms. The molecule has 1 N–H and O–H groups in total. The summed E-state index contributed by atoms with van der Waals surface area (Å²) in [6, 6.07) is 14.4. The lowest BCUT2D eigenvalue weighted by Crippen LogP contribution is -2.30. The first-order valence-electron chi connectivity index (χ1n) is 7.91. The number of methoxy groups -OCH3 is 1. The van der Waals surface area contributed by atoms with Crippen LogP contribution in [0.2, 0.25) is 0 Å². The highest BCUT2D eigenvalue weighted by molar-refractivity contribution is 8.19. The summed E-state index contributed by atoms with van der Waals surface area (Å²) in [5, 5.41) is 16.4. The Morgan fingerprint density at radius 1 is 1.19 bits per heavy atom. The molecule has 0 bridgehead atoms. The molecule has 0 radical (unpaired) electrons. The number of rotatable bonds is 4. The van der Waals surface area contributed by atoms with Crippen molar-refractivity contribution in [1.29, 1.82) is 0 Å².